The number of benzene rings is 2. The Labute approximate surface area is 139 Å². The zero-order valence-corrected chi connectivity index (χ0v) is 13.2. The van der Waals surface area contributed by atoms with E-state index in [4.69, 9.17) is 4.74 Å². The number of anilines is 1. The number of methoxy groups -OCH3 is 1. The van der Waals surface area contributed by atoms with Gasteiger partial charge in [-0.25, -0.2) is 9.07 Å². The summed E-state index contributed by atoms with van der Waals surface area (Å²) in [6.07, 6.45) is 2.31. The highest BCUT2D eigenvalue weighted by Gasteiger charge is 2.31. The lowest BCUT2D eigenvalue weighted by molar-refractivity contribution is 0.380. The van der Waals surface area contributed by atoms with Gasteiger partial charge in [0.05, 0.1) is 19.2 Å². The maximum absolute atomic E-state index is 13.2. The number of hydrogen-bond donors (Lipinski definition) is 1. The summed E-state index contributed by atoms with van der Waals surface area (Å²) in [5.74, 6) is 1.29. The first kappa shape index (κ1) is 14.7. The molecule has 1 N–H and O–H groups in total. The number of hydrogen-bond acceptors (Lipinski definition) is 4. The Bertz CT molecular complexity index is 846. The van der Waals surface area contributed by atoms with Gasteiger partial charge in [-0.2, -0.15) is 10.1 Å². The second-order valence-electron chi connectivity index (χ2n) is 5.77. The lowest BCUT2D eigenvalue weighted by Crippen LogP contribution is -2.28. The average molecular weight is 324 g/mol. The van der Waals surface area contributed by atoms with Crippen LogP contribution in [0.4, 0.5) is 10.3 Å². The van der Waals surface area contributed by atoms with Crippen LogP contribution in [-0.4, -0.2) is 21.9 Å². The molecule has 122 valence electrons. The van der Waals surface area contributed by atoms with Gasteiger partial charge in [0.15, 0.2) is 0 Å². The maximum atomic E-state index is 13.2. The third-order valence-corrected chi connectivity index (χ3v) is 4.40. The summed E-state index contributed by atoms with van der Waals surface area (Å²) in [6.45, 7) is 0. The van der Waals surface area contributed by atoms with Crippen LogP contribution < -0.4 is 10.1 Å². The van der Waals surface area contributed by atoms with E-state index in [-0.39, 0.29) is 17.9 Å². The molecule has 4 rings (SSSR count). The SMILES string of the molecule is COc1ccccc1[C@@H]1C[C@H](c2ccc(F)cc2)Nc2ncnn21. The number of nitrogens with one attached hydrogen (secondary N) is 1. The molecule has 5 nitrogen and oxygen atoms in total. The van der Waals surface area contributed by atoms with Crippen LogP contribution in [0.5, 0.6) is 5.75 Å². The molecular weight excluding hydrogens is 307 g/mol. The van der Waals surface area contributed by atoms with E-state index in [1.807, 2.05) is 28.9 Å². The number of ether oxygens (including phenoxy) is 1. The topological polar surface area (TPSA) is 52.0 Å². The molecule has 24 heavy (non-hydrogen) atoms. The van der Waals surface area contributed by atoms with E-state index in [1.54, 1.807) is 19.2 Å². The van der Waals surface area contributed by atoms with Gasteiger partial charge in [-0.1, -0.05) is 30.3 Å². The molecule has 0 spiro atoms. The van der Waals surface area contributed by atoms with Gasteiger partial charge < -0.3 is 10.1 Å². The molecule has 0 saturated carbocycles. The van der Waals surface area contributed by atoms with Crippen LogP contribution >= 0.6 is 0 Å². The molecule has 0 fully saturated rings. The van der Waals surface area contributed by atoms with Crippen LogP contribution in [0.2, 0.25) is 0 Å². The third-order valence-electron chi connectivity index (χ3n) is 4.40. The number of rotatable bonds is 3. The van der Waals surface area contributed by atoms with Crippen LogP contribution in [0.3, 0.4) is 0 Å². The molecule has 0 unspecified atom stereocenters. The first-order valence-corrected chi connectivity index (χ1v) is 7.80. The van der Waals surface area contributed by atoms with E-state index in [1.165, 1.54) is 18.5 Å². The Morgan fingerprint density at radius 1 is 1.17 bits per heavy atom. The summed E-state index contributed by atoms with van der Waals surface area (Å²) >= 11 is 0. The Balaban J connectivity index is 1.75. The van der Waals surface area contributed by atoms with Gasteiger partial charge in [0.1, 0.15) is 17.9 Å². The van der Waals surface area contributed by atoms with Gasteiger partial charge in [0, 0.05) is 5.56 Å². The maximum Gasteiger partial charge on any atom is 0.222 e. The van der Waals surface area contributed by atoms with Crippen LogP contribution in [0, 0.1) is 5.82 Å². The normalized spacial score (nSPS) is 19.4. The first-order chi connectivity index (χ1) is 11.8. The van der Waals surface area contributed by atoms with Crippen molar-refractivity contribution in [3.63, 3.8) is 0 Å². The molecule has 0 aliphatic carbocycles. The standard InChI is InChI=1S/C18H17FN4O/c1-24-17-5-3-2-4-14(17)16-10-15(12-6-8-13(19)9-7-12)22-18-20-11-21-23(16)18/h2-9,11,15-16H,10H2,1H3,(H,20,21,22)/t15-,16+/m1/s1. The van der Waals surface area contributed by atoms with Crippen molar-refractivity contribution in [1.29, 1.82) is 0 Å². The van der Waals surface area contributed by atoms with E-state index < -0.39 is 0 Å². The van der Waals surface area contributed by atoms with Gasteiger partial charge in [-0.3, -0.25) is 0 Å². The van der Waals surface area contributed by atoms with Crippen molar-refractivity contribution in [3.8, 4) is 5.75 Å². The monoisotopic (exact) mass is 324 g/mol. The lowest BCUT2D eigenvalue weighted by atomic mass is 9.93. The molecule has 6 heteroatoms. The van der Waals surface area contributed by atoms with Gasteiger partial charge >= 0.3 is 0 Å². The highest BCUT2D eigenvalue weighted by atomic mass is 19.1. The van der Waals surface area contributed by atoms with E-state index in [0.717, 1.165) is 23.3 Å². The van der Waals surface area contributed by atoms with Crippen molar-refractivity contribution in [2.45, 2.75) is 18.5 Å². The number of halogens is 1. The van der Waals surface area contributed by atoms with Gasteiger partial charge in [0.2, 0.25) is 5.95 Å². The zero-order chi connectivity index (χ0) is 16.5. The first-order valence-electron chi connectivity index (χ1n) is 7.80. The van der Waals surface area contributed by atoms with E-state index >= 15 is 0 Å². The zero-order valence-electron chi connectivity index (χ0n) is 13.2. The quantitative estimate of drug-likeness (QED) is 0.800. The summed E-state index contributed by atoms with van der Waals surface area (Å²) in [7, 11) is 1.67. The fourth-order valence-corrected chi connectivity index (χ4v) is 3.23. The number of nitrogens with zero attached hydrogens (tertiary/aromatic N) is 3. The third kappa shape index (κ3) is 2.50. The Kier molecular flexibility index (Phi) is 3.65. The van der Waals surface area contributed by atoms with E-state index in [2.05, 4.69) is 15.4 Å². The molecule has 1 aromatic heterocycles. The van der Waals surface area contributed by atoms with Crippen molar-refractivity contribution in [2.24, 2.45) is 0 Å². The van der Waals surface area contributed by atoms with Crippen LogP contribution in [0.1, 0.15) is 29.6 Å². The minimum atomic E-state index is -0.237. The molecule has 0 radical (unpaired) electrons. The molecule has 2 atom stereocenters. The minimum absolute atomic E-state index is 0.00467. The Hall–Kier alpha value is -2.89. The van der Waals surface area contributed by atoms with Crippen molar-refractivity contribution < 1.29 is 9.13 Å². The number of aromatic nitrogens is 3. The highest BCUT2D eigenvalue weighted by molar-refractivity contribution is 5.42. The molecule has 0 bridgehead atoms. The Morgan fingerprint density at radius 2 is 1.96 bits per heavy atom. The second kappa shape index (κ2) is 5.96. The van der Waals surface area contributed by atoms with Crippen molar-refractivity contribution in [2.75, 3.05) is 12.4 Å². The van der Waals surface area contributed by atoms with Crippen LogP contribution in [-0.2, 0) is 0 Å². The molecule has 2 heterocycles. The van der Waals surface area contributed by atoms with Crippen molar-refractivity contribution >= 4 is 5.95 Å². The molecule has 1 aliphatic rings. The molecule has 1 aliphatic heterocycles. The summed E-state index contributed by atoms with van der Waals surface area (Å²) < 4.78 is 20.6. The fourth-order valence-electron chi connectivity index (χ4n) is 3.23. The molecule has 0 saturated heterocycles. The van der Waals surface area contributed by atoms with Gasteiger partial charge in [-0.05, 0) is 30.2 Å². The fraction of sp³-hybridized carbons (Fsp3) is 0.222. The minimum Gasteiger partial charge on any atom is -0.496 e. The predicted octanol–water partition coefficient (Wildman–Crippen LogP) is 3.57. The largest absolute Gasteiger partial charge is 0.496 e. The second-order valence-corrected chi connectivity index (χ2v) is 5.77. The predicted molar refractivity (Wildman–Crippen MR) is 88.5 cm³/mol. The lowest BCUT2D eigenvalue weighted by Gasteiger charge is -2.32. The van der Waals surface area contributed by atoms with Gasteiger partial charge in [-0.15, -0.1) is 0 Å². The Morgan fingerprint density at radius 3 is 2.75 bits per heavy atom. The highest BCUT2D eigenvalue weighted by Crippen LogP contribution is 2.40. The molecule has 3 aromatic rings. The van der Waals surface area contributed by atoms with Crippen molar-refractivity contribution in [3.05, 3.63) is 71.8 Å². The summed E-state index contributed by atoms with van der Waals surface area (Å²) in [4.78, 5) is 4.31. The molecule has 0 amide bonds. The summed E-state index contributed by atoms with van der Waals surface area (Å²) in [5.41, 5.74) is 2.07. The summed E-state index contributed by atoms with van der Waals surface area (Å²) in [5, 5.41) is 7.74. The molecule has 2 aromatic carbocycles. The van der Waals surface area contributed by atoms with Gasteiger partial charge in [0.25, 0.3) is 0 Å². The van der Waals surface area contributed by atoms with E-state index in [9.17, 15) is 4.39 Å². The van der Waals surface area contributed by atoms with Crippen LogP contribution in [0.25, 0.3) is 0 Å². The van der Waals surface area contributed by atoms with Crippen molar-refractivity contribution in [1.82, 2.24) is 14.8 Å². The number of fused-ring (bicyclic) bond motifs is 1. The smallest absolute Gasteiger partial charge is 0.222 e. The summed E-state index contributed by atoms with van der Waals surface area (Å²) in [6, 6.07) is 14.5. The van der Waals surface area contributed by atoms with Crippen LogP contribution in [0.15, 0.2) is 54.9 Å². The molecular formula is C18H17FN4O. The number of para-hydroxylation sites is 1. The average Bonchev–Trinajstić information content (AvgIpc) is 3.10. The van der Waals surface area contributed by atoms with E-state index in [0.29, 0.717) is 5.95 Å².